The molecule has 1 aromatic heterocycles. The number of anilines is 2. The van der Waals surface area contributed by atoms with Crippen molar-refractivity contribution in [2.45, 2.75) is 13.5 Å². The standard InChI is InChI=1S/C12H15ClN4O2/c1-3-14-7-11-16-17-12(19-11)15-8-4-5-9(13)10(6-8)18-2/h4-6,14H,3,7H2,1-2H3,(H,15,17). The van der Waals surface area contributed by atoms with Gasteiger partial charge >= 0.3 is 6.01 Å². The van der Waals surface area contributed by atoms with Crippen LogP contribution in [0.15, 0.2) is 22.6 Å². The van der Waals surface area contributed by atoms with Gasteiger partial charge in [-0.1, -0.05) is 23.6 Å². The Balaban J connectivity index is 2.06. The lowest BCUT2D eigenvalue weighted by Crippen LogP contribution is -2.11. The Labute approximate surface area is 116 Å². The lowest BCUT2D eigenvalue weighted by molar-refractivity contribution is 0.415. The molecule has 0 saturated heterocycles. The fourth-order valence-electron chi connectivity index (χ4n) is 1.47. The Morgan fingerprint density at radius 1 is 1.37 bits per heavy atom. The molecule has 0 radical (unpaired) electrons. The molecule has 0 bridgehead atoms. The van der Waals surface area contributed by atoms with Crippen molar-refractivity contribution in [3.05, 3.63) is 29.1 Å². The van der Waals surface area contributed by atoms with Crippen LogP contribution in [0, 0.1) is 0 Å². The quantitative estimate of drug-likeness (QED) is 0.848. The number of benzene rings is 1. The smallest absolute Gasteiger partial charge is 0.320 e. The van der Waals surface area contributed by atoms with Gasteiger partial charge in [-0.2, -0.15) is 0 Å². The minimum absolute atomic E-state index is 0.331. The van der Waals surface area contributed by atoms with Crippen LogP contribution in [-0.2, 0) is 6.54 Å². The predicted molar refractivity (Wildman–Crippen MR) is 73.0 cm³/mol. The van der Waals surface area contributed by atoms with Crippen LogP contribution < -0.4 is 15.4 Å². The Kier molecular flexibility index (Phi) is 4.59. The van der Waals surface area contributed by atoms with Gasteiger partial charge in [0.05, 0.1) is 18.7 Å². The van der Waals surface area contributed by atoms with Crippen molar-refractivity contribution in [3.63, 3.8) is 0 Å². The number of halogens is 1. The molecule has 1 heterocycles. The molecule has 6 nitrogen and oxygen atoms in total. The minimum Gasteiger partial charge on any atom is -0.495 e. The second-order valence-electron chi connectivity index (χ2n) is 3.76. The van der Waals surface area contributed by atoms with Crippen molar-refractivity contribution in [2.75, 3.05) is 19.0 Å². The van der Waals surface area contributed by atoms with E-state index < -0.39 is 0 Å². The lowest BCUT2D eigenvalue weighted by Gasteiger charge is -2.06. The lowest BCUT2D eigenvalue weighted by atomic mass is 10.3. The second kappa shape index (κ2) is 6.40. The van der Waals surface area contributed by atoms with Crippen molar-refractivity contribution < 1.29 is 9.15 Å². The average Bonchev–Trinajstić information content (AvgIpc) is 2.86. The van der Waals surface area contributed by atoms with Crippen molar-refractivity contribution in [2.24, 2.45) is 0 Å². The zero-order chi connectivity index (χ0) is 13.7. The Morgan fingerprint density at radius 3 is 2.95 bits per heavy atom. The molecule has 2 aromatic rings. The van der Waals surface area contributed by atoms with Gasteiger partial charge < -0.3 is 19.8 Å². The molecule has 1 aromatic carbocycles. The summed E-state index contributed by atoms with van der Waals surface area (Å²) < 4.78 is 10.6. The number of hydrogen-bond acceptors (Lipinski definition) is 6. The molecule has 102 valence electrons. The van der Waals surface area contributed by atoms with Gasteiger partial charge in [0.15, 0.2) is 0 Å². The first-order valence-corrected chi connectivity index (χ1v) is 6.24. The molecule has 0 aliphatic carbocycles. The van der Waals surface area contributed by atoms with Crippen LogP contribution in [0.1, 0.15) is 12.8 Å². The van der Waals surface area contributed by atoms with E-state index in [9.17, 15) is 0 Å². The number of nitrogens with zero attached hydrogens (tertiary/aromatic N) is 2. The maximum absolute atomic E-state index is 5.95. The molecule has 0 fully saturated rings. The van der Waals surface area contributed by atoms with E-state index in [2.05, 4.69) is 20.8 Å². The third kappa shape index (κ3) is 3.59. The zero-order valence-electron chi connectivity index (χ0n) is 10.7. The average molecular weight is 283 g/mol. The number of nitrogens with one attached hydrogen (secondary N) is 2. The van der Waals surface area contributed by atoms with E-state index in [1.807, 2.05) is 6.92 Å². The molecule has 2 rings (SSSR count). The number of hydrogen-bond donors (Lipinski definition) is 2. The van der Waals surface area contributed by atoms with Crippen LogP contribution in [-0.4, -0.2) is 23.9 Å². The fourth-order valence-corrected chi connectivity index (χ4v) is 1.66. The topological polar surface area (TPSA) is 72.2 Å². The normalized spacial score (nSPS) is 10.5. The highest BCUT2D eigenvalue weighted by atomic mass is 35.5. The Hall–Kier alpha value is -1.79. The fraction of sp³-hybridized carbons (Fsp3) is 0.333. The number of rotatable bonds is 6. The number of ether oxygens (including phenoxy) is 1. The minimum atomic E-state index is 0.331. The van der Waals surface area contributed by atoms with E-state index in [4.69, 9.17) is 20.8 Å². The second-order valence-corrected chi connectivity index (χ2v) is 4.16. The van der Waals surface area contributed by atoms with Crippen LogP contribution in [0.25, 0.3) is 0 Å². The van der Waals surface area contributed by atoms with Gasteiger partial charge in [0.1, 0.15) is 5.75 Å². The Bertz CT molecular complexity index is 544. The SMILES string of the molecule is CCNCc1nnc(Nc2ccc(Cl)c(OC)c2)o1. The molecule has 0 unspecified atom stereocenters. The van der Waals surface area contributed by atoms with Crippen LogP contribution in [0.3, 0.4) is 0 Å². The summed E-state index contributed by atoms with van der Waals surface area (Å²) in [4.78, 5) is 0. The van der Waals surface area contributed by atoms with Crippen LogP contribution >= 0.6 is 11.6 Å². The van der Waals surface area contributed by atoms with E-state index in [1.165, 1.54) is 0 Å². The molecule has 2 N–H and O–H groups in total. The van der Waals surface area contributed by atoms with Crippen molar-refractivity contribution in [1.82, 2.24) is 15.5 Å². The van der Waals surface area contributed by atoms with Gasteiger partial charge in [-0.25, -0.2) is 0 Å². The van der Waals surface area contributed by atoms with Crippen molar-refractivity contribution >= 4 is 23.3 Å². The molecule has 0 spiro atoms. The van der Waals surface area contributed by atoms with E-state index >= 15 is 0 Å². The molecule has 7 heteroatoms. The van der Waals surface area contributed by atoms with E-state index in [1.54, 1.807) is 25.3 Å². The van der Waals surface area contributed by atoms with Gasteiger partial charge in [0.2, 0.25) is 5.89 Å². The van der Waals surface area contributed by atoms with E-state index in [-0.39, 0.29) is 0 Å². The van der Waals surface area contributed by atoms with Crippen LogP contribution in [0.4, 0.5) is 11.7 Å². The molecular formula is C12H15ClN4O2. The first kappa shape index (κ1) is 13.6. The monoisotopic (exact) mass is 282 g/mol. The maximum Gasteiger partial charge on any atom is 0.320 e. The molecule has 0 amide bonds. The predicted octanol–water partition coefficient (Wildman–Crippen LogP) is 2.58. The summed E-state index contributed by atoms with van der Waals surface area (Å²) in [7, 11) is 1.56. The highest BCUT2D eigenvalue weighted by molar-refractivity contribution is 6.32. The summed E-state index contributed by atoms with van der Waals surface area (Å²) in [5.74, 6) is 1.12. The Morgan fingerprint density at radius 2 is 2.21 bits per heavy atom. The number of methoxy groups -OCH3 is 1. The first-order chi connectivity index (χ1) is 9.22. The molecule has 19 heavy (non-hydrogen) atoms. The highest BCUT2D eigenvalue weighted by Gasteiger charge is 2.07. The molecule has 0 saturated carbocycles. The van der Waals surface area contributed by atoms with Crippen LogP contribution in [0.5, 0.6) is 5.75 Å². The molecule has 0 aliphatic heterocycles. The van der Waals surface area contributed by atoms with E-state index in [0.717, 1.165) is 12.2 Å². The van der Waals surface area contributed by atoms with Gasteiger partial charge in [-0.3, -0.25) is 0 Å². The highest BCUT2D eigenvalue weighted by Crippen LogP contribution is 2.28. The summed E-state index contributed by atoms with van der Waals surface area (Å²) in [6, 6.07) is 5.63. The van der Waals surface area contributed by atoms with Crippen molar-refractivity contribution in [1.29, 1.82) is 0 Å². The summed E-state index contributed by atoms with van der Waals surface area (Å²) in [5, 5.41) is 14.5. The molecule has 0 aliphatic rings. The molecule has 0 atom stereocenters. The summed E-state index contributed by atoms with van der Waals surface area (Å²) in [6.07, 6.45) is 0. The van der Waals surface area contributed by atoms with Gasteiger partial charge in [0.25, 0.3) is 0 Å². The number of aromatic nitrogens is 2. The van der Waals surface area contributed by atoms with Gasteiger partial charge in [0, 0.05) is 11.8 Å². The van der Waals surface area contributed by atoms with Crippen molar-refractivity contribution in [3.8, 4) is 5.75 Å². The zero-order valence-corrected chi connectivity index (χ0v) is 11.5. The third-order valence-electron chi connectivity index (χ3n) is 2.40. The summed E-state index contributed by atoms with van der Waals surface area (Å²) in [5.41, 5.74) is 0.764. The maximum atomic E-state index is 5.95. The van der Waals surface area contributed by atoms with Gasteiger partial charge in [-0.15, -0.1) is 5.10 Å². The van der Waals surface area contributed by atoms with Gasteiger partial charge in [-0.05, 0) is 18.7 Å². The van der Waals surface area contributed by atoms with E-state index in [0.29, 0.717) is 29.2 Å². The van der Waals surface area contributed by atoms with Crippen LogP contribution in [0.2, 0.25) is 5.02 Å². The first-order valence-electron chi connectivity index (χ1n) is 5.86. The third-order valence-corrected chi connectivity index (χ3v) is 2.71. The largest absolute Gasteiger partial charge is 0.495 e. The summed E-state index contributed by atoms with van der Waals surface area (Å²) >= 11 is 5.95. The molecular weight excluding hydrogens is 268 g/mol. The summed E-state index contributed by atoms with van der Waals surface area (Å²) in [6.45, 7) is 3.41.